The van der Waals surface area contributed by atoms with Crippen LogP contribution in [0.3, 0.4) is 0 Å². The Hall–Kier alpha value is -0.110. The third-order valence-electron chi connectivity index (χ3n) is 3.84. The molecule has 0 radical (unpaired) electrons. The van der Waals surface area contributed by atoms with Crippen LogP contribution in [0, 0.1) is 11.8 Å². The van der Waals surface area contributed by atoms with Crippen LogP contribution in [0.2, 0.25) is 0 Å². The van der Waals surface area contributed by atoms with Crippen molar-refractivity contribution in [2.75, 3.05) is 0 Å². The Labute approximate surface area is 100 Å². The van der Waals surface area contributed by atoms with Gasteiger partial charge in [-0.1, -0.05) is 60.7 Å². The predicted molar refractivity (Wildman–Crippen MR) is 66.2 cm³/mol. The maximum Gasteiger partial charge on any atom is 0.154 e. The average molecular weight is 271 g/mol. The third kappa shape index (κ3) is 1.82. The first-order valence-corrected chi connectivity index (χ1v) is 6.89. The Morgan fingerprint density at radius 1 is 1.47 bits per heavy atom. The number of unbranched alkanes of at least 4 members (excludes halogenated alkanes) is 3. The Morgan fingerprint density at radius 2 is 2.27 bits per heavy atom. The number of hydrogen-bond acceptors (Lipinski definition) is 1. The summed E-state index contributed by atoms with van der Waals surface area (Å²) in [5, 5.41) is 0. The molecule has 0 aromatic rings. The summed E-state index contributed by atoms with van der Waals surface area (Å²) in [7, 11) is 0. The maximum absolute atomic E-state index is 11.9. The Balaban J connectivity index is 1.85. The monoisotopic (exact) mass is 270 g/mol. The highest BCUT2D eigenvalue weighted by atomic mass is 79.9. The van der Waals surface area contributed by atoms with Crippen molar-refractivity contribution < 1.29 is 4.79 Å². The van der Waals surface area contributed by atoms with Crippen LogP contribution in [0.1, 0.15) is 45.4 Å². The van der Waals surface area contributed by atoms with Crippen molar-refractivity contribution in [2.24, 2.45) is 11.8 Å². The molecular weight excluding hydrogens is 252 g/mol. The van der Waals surface area contributed by atoms with Crippen molar-refractivity contribution in [1.29, 1.82) is 0 Å². The average Bonchev–Trinajstić information content (AvgIpc) is 2.70. The number of hydrogen-bond donors (Lipinski definition) is 0. The Morgan fingerprint density at radius 3 is 3.00 bits per heavy atom. The lowest BCUT2D eigenvalue weighted by atomic mass is 9.63. The molecule has 0 heterocycles. The highest BCUT2D eigenvalue weighted by molar-refractivity contribution is 9.10. The summed E-state index contributed by atoms with van der Waals surface area (Å²) in [6.45, 7) is 2.22. The van der Waals surface area contributed by atoms with Crippen molar-refractivity contribution >= 4 is 21.7 Å². The number of Topliss-reactive ketones (excluding diaryl/α,β-unsaturated/α-hetero) is 1. The van der Waals surface area contributed by atoms with Gasteiger partial charge >= 0.3 is 0 Å². The first-order chi connectivity index (χ1) is 7.20. The van der Waals surface area contributed by atoms with Gasteiger partial charge in [0.15, 0.2) is 5.78 Å². The summed E-state index contributed by atoms with van der Waals surface area (Å²) >= 11 is 3.69. The number of carbonyl (C=O) groups is 1. The van der Waals surface area contributed by atoms with E-state index in [0.717, 1.165) is 12.8 Å². The molecule has 1 saturated carbocycles. The lowest BCUT2D eigenvalue weighted by Gasteiger charge is -2.46. The Kier molecular flexibility index (Phi) is 3.34. The molecule has 2 rings (SSSR count). The normalized spacial score (nSPS) is 37.9. The minimum Gasteiger partial charge on any atom is -0.298 e. The third-order valence-corrected chi connectivity index (χ3v) is 5.15. The standard InChI is InChI=1S/C13H19BrO/c1-2-3-4-5-9-13(14)11-8-6-7-10(11)12(13)15/h6,8,10-11H,2-5,7,9H2,1H3/t10-,11+,13+/m1/s1. The summed E-state index contributed by atoms with van der Waals surface area (Å²) in [6, 6.07) is 0. The topological polar surface area (TPSA) is 17.1 Å². The van der Waals surface area contributed by atoms with Gasteiger partial charge in [-0.3, -0.25) is 4.79 Å². The molecule has 0 aromatic heterocycles. The number of alkyl halides is 1. The van der Waals surface area contributed by atoms with Crippen LogP contribution in [0.4, 0.5) is 0 Å². The van der Waals surface area contributed by atoms with Crippen molar-refractivity contribution in [3.05, 3.63) is 12.2 Å². The molecule has 0 N–H and O–H groups in total. The number of allylic oxidation sites excluding steroid dienone is 2. The zero-order valence-corrected chi connectivity index (χ0v) is 10.9. The molecule has 3 atom stereocenters. The molecule has 0 amide bonds. The zero-order valence-electron chi connectivity index (χ0n) is 9.34. The SMILES string of the molecule is CCCCCC[C@@]1(Br)C(=O)[C@@H]2CC=C[C@@H]21. The smallest absolute Gasteiger partial charge is 0.154 e. The Bertz CT molecular complexity index is 284. The second-order valence-electron chi connectivity index (χ2n) is 4.83. The van der Waals surface area contributed by atoms with Gasteiger partial charge in [-0.05, 0) is 12.8 Å². The van der Waals surface area contributed by atoms with E-state index in [2.05, 4.69) is 35.0 Å². The molecule has 15 heavy (non-hydrogen) atoms. The van der Waals surface area contributed by atoms with Crippen LogP contribution in [-0.4, -0.2) is 10.1 Å². The van der Waals surface area contributed by atoms with E-state index in [1.807, 2.05) is 0 Å². The minimum atomic E-state index is -0.182. The van der Waals surface area contributed by atoms with Gasteiger partial charge in [0.2, 0.25) is 0 Å². The fourth-order valence-corrected chi connectivity index (χ4v) is 3.92. The highest BCUT2D eigenvalue weighted by Crippen LogP contribution is 2.54. The minimum absolute atomic E-state index is 0.182. The molecule has 1 nitrogen and oxygen atoms in total. The number of ketones is 1. The molecule has 1 fully saturated rings. The first kappa shape index (κ1) is 11.4. The van der Waals surface area contributed by atoms with Crippen LogP contribution in [0.5, 0.6) is 0 Å². The van der Waals surface area contributed by atoms with E-state index >= 15 is 0 Å². The molecule has 0 saturated heterocycles. The number of rotatable bonds is 5. The van der Waals surface area contributed by atoms with Crippen molar-refractivity contribution in [3.63, 3.8) is 0 Å². The van der Waals surface area contributed by atoms with E-state index in [-0.39, 0.29) is 4.32 Å². The molecule has 2 heteroatoms. The predicted octanol–water partition coefficient (Wildman–Crippen LogP) is 3.87. The fraction of sp³-hybridized carbons (Fsp3) is 0.769. The van der Waals surface area contributed by atoms with Crippen LogP contribution in [0.15, 0.2) is 12.2 Å². The van der Waals surface area contributed by atoms with E-state index < -0.39 is 0 Å². The molecule has 0 bridgehead atoms. The van der Waals surface area contributed by atoms with Crippen LogP contribution in [-0.2, 0) is 4.79 Å². The van der Waals surface area contributed by atoms with Gasteiger partial charge in [0.25, 0.3) is 0 Å². The van der Waals surface area contributed by atoms with Crippen molar-refractivity contribution in [1.82, 2.24) is 0 Å². The van der Waals surface area contributed by atoms with Crippen molar-refractivity contribution in [2.45, 2.75) is 49.8 Å². The van der Waals surface area contributed by atoms with E-state index in [0.29, 0.717) is 17.6 Å². The van der Waals surface area contributed by atoms with Gasteiger partial charge in [0.05, 0.1) is 4.32 Å². The van der Waals surface area contributed by atoms with Crippen molar-refractivity contribution in [3.8, 4) is 0 Å². The van der Waals surface area contributed by atoms with E-state index in [1.165, 1.54) is 25.7 Å². The lowest BCUT2D eigenvalue weighted by Crippen LogP contribution is -2.57. The fourth-order valence-electron chi connectivity index (χ4n) is 2.87. The van der Waals surface area contributed by atoms with Gasteiger partial charge in [-0.25, -0.2) is 0 Å². The maximum atomic E-state index is 11.9. The molecule has 2 aliphatic carbocycles. The summed E-state index contributed by atoms with van der Waals surface area (Å²) in [5.74, 6) is 1.26. The molecule has 2 aliphatic rings. The van der Waals surface area contributed by atoms with E-state index in [4.69, 9.17) is 0 Å². The number of fused-ring (bicyclic) bond motifs is 1. The quantitative estimate of drug-likeness (QED) is 0.421. The molecular formula is C13H19BrO. The summed E-state index contributed by atoms with van der Waals surface area (Å²) < 4.78 is -0.182. The highest BCUT2D eigenvalue weighted by Gasteiger charge is 2.59. The van der Waals surface area contributed by atoms with Gasteiger partial charge in [-0.15, -0.1) is 0 Å². The molecule has 0 spiro atoms. The largest absolute Gasteiger partial charge is 0.298 e. The molecule has 84 valence electrons. The van der Waals surface area contributed by atoms with Gasteiger partial charge in [0.1, 0.15) is 0 Å². The summed E-state index contributed by atoms with van der Waals surface area (Å²) in [6.07, 6.45) is 11.4. The molecule has 0 aromatic carbocycles. The zero-order chi connectivity index (χ0) is 10.9. The molecule has 0 unspecified atom stereocenters. The first-order valence-electron chi connectivity index (χ1n) is 6.10. The lowest BCUT2D eigenvalue weighted by molar-refractivity contribution is -0.136. The van der Waals surface area contributed by atoms with Gasteiger partial charge in [0, 0.05) is 11.8 Å². The second-order valence-corrected chi connectivity index (χ2v) is 6.25. The van der Waals surface area contributed by atoms with Gasteiger partial charge in [-0.2, -0.15) is 0 Å². The number of carbonyl (C=O) groups excluding carboxylic acids is 1. The van der Waals surface area contributed by atoms with Crippen LogP contribution in [0.25, 0.3) is 0 Å². The van der Waals surface area contributed by atoms with Crippen LogP contribution < -0.4 is 0 Å². The van der Waals surface area contributed by atoms with E-state index in [9.17, 15) is 4.79 Å². The summed E-state index contributed by atoms with van der Waals surface area (Å²) in [5.41, 5.74) is 0. The van der Waals surface area contributed by atoms with E-state index in [1.54, 1.807) is 0 Å². The molecule has 0 aliphatic heterocycles. The van der Waals surface area contributed by atoms with Crippen LogP contribution >= 0.6 is 15.9 Å². The second kappa shape index (κ2) is 4.40. The summed E-state index contributed by atoms with van der Waals surface area (Å²) in [4.78, 5) is 11.9. The van der Waals surface area contributed by atoms with Gasteiger partial charge < -0.3 is 0 Å². The number of halogens is 1.